The maximum absolute atomic E-state index is 12.4. The average Bonchev–Trinajstić information content (AvgIpc) is 3.11. The molecule has 0 saturated carbocycles. The van der Waals surface area contributed by atoms with E-state index >= 15 is 0 Å². The highest BCUT2D eigenvalue weighted by molar-refractivity contribution is 7.12. The summed E-state index contributed by atoms with van der Waals surface area (Å²) >= 11 is 13.0. The largest absolute Gasteiger partial charge is 0.487 e. The number of carbonyl (C=O) groups excluding carboxylic acids is 1. The van der Waals surface area contributed by atoms with Gasteiger partial charge >= 0.3 is 0 Å². The van der Waals surface area contributed by atoms with E-state index < -0.39 is 10.8 Å². The second kappa shape index (κ2) is 8.39. The van der Waals surface area contributed by atoms with Crippen LogP contribution < -0.4 is 10.1 Å². The monoisotopic (exact) mass is 422 g/mol. The molecule has 0 aliphatic heterocycles. The molecular weight excluding hydrogens is 411 g/mol. The van der Waals surface area contributed by atoms with Gasteiger partial charge in [-0.25, -0.2) is 0 Å². The van der Waals surface area contributed by atoms with Crippen molar-refractivity contribution >= 4 is 51.8 Å². The summed E-state index contributed by atoms with van der Waals surface area (Å²) in [7, 11) is 0. The molecule has 0 aliphatic carbocycles. The fourth-order valence-corrected chi connectivity index (χ4v) is 3.39. The van der Waals surface area contributed by atoms with Crippen molar-refractivity contribution in [3.8, 4) is 5.75 Å². The standard InChI is InChI=1S/C18H12Cl2N2O4S/c19-12-5-6-14(15(8-12)22(24)25)21-18(23)17-7-11(10-27-17)9-26-16-4-2-1-3-13(16)20/h1-8,10H,9H2,(H,21,23). The molecule has 0 unspecified atom stereocenters. The van der Waals surface area contributed by atoms with E-state index in [1.165, 1.54) is 29.5 Å². The lowest BCUT2D eigenvalue weighted by atomic mass is 10.2. The van der Waals surface area contributed by atoms with Gasteiger partial charge in [0.15, 0.2) is 0 Å². The van der Waals surface area contributed by atoms with Gasteiger partial charge < -0.3 is 10.1 Å². The van der Waals surface area contributed by atoms with Gasteiger partial charge in [0, 0.05) is 16.7 Å². The van der Waals surface area contributed by atoms with Crippen molar-refractivity contribution in [3.63, 3.8) is 0 Å². The Labute approximate surface area is 168 Å². The molecule has 6 nitrogen and oxygen atoms in total. The number of hydrogen-bond donors (Lipinski definition) is 1. The first-order valence-corrected chi connectivity index (χ1v) is 9.27. The number of ether oxygens (including phenoxy) is 1. The molecule has 0 bridgehead atoms. The van der Waals surface area contributed by atoms with Crippen LogP contribution in [0.25, 0.3) is 0 Å². The normalized spacial score (nSPS) is 10.4. The van der Waals surface area contributed by atoms with Gasteiger partial charge in [0.05, 0.1) is 14.8 Å². The summed E-state index contributed by atoms with van der Waals surface area (Å²) in [6, 6.07) is 12.8. The summed E-state index contributed by atoms with van der Waals surface area (Å²) in [6.45, 7) is 0.245. The molecule has 0 spiro atoms. The van der Waals surface area contributed by atoms with E-state index in [0.29, 0.717) is 15.6 Å². The quantitative estimate of drug-likeness (QED) is 0.402. The van der Waals surface area contributed by atoms with Crippen molar-refractivity contribution in [1.82, 2.24) is 0 Å². The Morgan fingerprint density at radius 2 is 1.96 bits per heavy atom. The third-order valence-electron chi connectivity index (χ3n) is 3.51. The first-order chi connectivity index (χ1) is 12.9. The van der Waals surface area contributed by atoms with Gasteiger partial charge in [-0.2, -0.15) is 0 Å². The van der Waals surface area contributed by atoms with Gasteiger partial charge in [-0.3, -0.25) is 14.9 Å². The lowest BCUT2D eigenvalue weighted by molar-refractivity contribution is -0.383. The number of thiophene rings is 1. The zero-order valence-corrected chi connectivity index (χ0v) is 16.0. The summed E-state index contributed by atoms with van der Waals surface area (Å²) in [5.74, 6) is 0.0996. The van der Waals surface area contributed by atoms with Crippen LogP contribution in [0, 0.1) is 10.1 Å². The highest BCUT2D eigenvalue weighted by Gasteiger charge is 2.18. The molecule has 0 aliphatic rings. The van der Waals surface area contributed by atoms with Crippen molar-refractivity contribution < 1.29 is 14.5 Å². The molecular formula is C18H12Cl2N2O4S. The van der Waals surface area contributed by atoms with Gasteiger partial charge in [0.2, 0.25) is 0 Å². The Bertz CT molecular complexity index is 1010. The highest BCUT2D eigenvalue weighted by Crippen LogP contribution is 2.29. The Morgan fingerprint density at radius 1 is 1.19 bits per heavy atom. The van der Waals surface area contributed by atoms with Crippen LogP contribution in [-0.4, -0.2) is 10.8 Å². The van der Waals surface area contributed by atoms with Crippen LogP contribution in [0.3, 0.4) is 0 Å². The van der Waals surface area contributed by atoms with Crippen molar-refractivity contribution in [2.75, 3.05) is 5.32 Å². The predicted molar refractivity (Wildman–Crippen MR) is 106 cm³/mol. The molecule has 1 heterocycles. The smallest absolute Gasteiger partial charge is 0.294 e. The topological polar surface area (TPSA) is 81.5 Å². The number of carbonyl (C=O) groups is 1. The number of nitrogens with one attached hydrogen (secondary N) is 1. The van der Waals surface area contributed by atoms with E-state index in [-0.39, 0.29) is 23.0 Å². The van der Waals surface area contributed by atoms with Crippen molar-refractivity contribution in [1.29, 1.82) is 0 Å². The zero-order valence-electron chi connectivity index (χ0n) is 13.6. The summed E-state index contributed by atoms with van der Waals surface area (Å²) < 4.78 is 5.64. The summed E-state index contributed by atoms with van der Waals surface area (Å²) in [6.07, 6.45) is 0. The average molecular weight is 423 g/mol. The Morgan fingerprint density at radius 3 is 2.70 bits per heavy atom. The van der Waals surface area contributed by atoms with Crippen LogP contribution >= 0.6 is 34.5 Å². The Balaban J connectivity index is 1.69. The molecule has 9 heteroatoms. The number of nitrogens with zero attached hydrogens (tertiary/aromatic N) is 1. The van der Waals surface area contributed by atoms with E-state index in [0.717, 1.165) is 5.56 Å². The molecule has 27 heavy (non-hydrogen) atoms. The summed E-state index contributed by atoms with van der Waals surface area (Å²) in [4.78, 5) is 23.3. The van der Waals surface area contributed by atoms with Gasteiger partial charge in [-0.1, -0.05) is 35.3 Å². The fourth-order valence-electron chi connectivity index (χ4n) is 2.24. The first-order valence-electron chi connectivity index (χ1n) is 7.64. The van der Waals surface area contributed by atoms with Gasteiger partial charge in [0.25, 0.3) is 11.6 Å². The molecule has 1 amide bonds. The van der Waals surface area contributed by atoms with Crippen molar-refractivity contribution in [3.05, 3.63) is 84.5 Å². The SMILES string of the molecule is O=C(Nc1ccc(Cl)cc1[N+](=O)[O-])c1cc(COc2ccccc2Cl)cs1. The number of amides is 1. The number of rotatable bonds is 6. The van der Waals surface area contributed by atoms with Crippen LogP contribution in [0.4, 0.5) is 11.4 Å². The minimum Gasteiger partial charge on any atom is -0.487 e. The third-order valence-corrected chi connectivity index (χ3v) is 5.04. The first kappa shape index (κ1) is 19.2. The molecule has 3 aromatic rings. The molecule has 2 aromatic carbocycles. The van der Waals surface area contributed by atoms with E-state index in [4.69, 9.17) is 27.9 Å². The third kappa shape index (κ3) is 4.77. The second-order valence-corrected chi connectivity index (χ2v) is 7.17. The van der Waals surface area contributed by atoms with Gasteiger partial charge in [-0.15, -0.1) is 11.3 Å². The van der Waals surface area contributed by atoms with Crippen molar-refractivity contribution in [2.45, 2.75) is 6.61 Å². The molecule has 3 rings (SSSR count). The Kier molecular flexibility index (Phi) is 5.95. The number of para-hydroxylation sites is 1. The van der Waals surface area contributed by atoms with Gasteiger partial charge in [0.1, 0.15) is 18.0 Å². The van der Waals surface area contributed by atoms with Gasteiger partial charge in [-0.05, 0) is 35.7 Å². The minimum atomic E-state index is -0.598. The molecule has 1 aromatic heterocycles. The maximum atomic E-state index is 12.4. The van der Waals surface area contributed by atoms with E-state index in [2.05, 4.69) is 5.32 Å². The van der Waals surface area contributed by atoms with Crippen LogP contribution in [-0.2, 0) is 6.61 Å². The Hall–Kier alpha value is -2.61. The predicted octanol–water partition coefficient (Wildman–Crippen LogP) is 5.79. The molecule has 0 fully saturated rings. The van der Waals surface area contributed by atoms with Crippen LogP contribution in [0.5, 0.6) is 5.75 Å². The molecule has 138 valence electrons. The number of hydrogen-bond acceptors (Lipinski definition) is 5. The van der Waals surface area contributed by atoms with E-state index in [1.54, 1.807) is 29.6 Å². The summed E-state index contributed by atoms with van der Waals surface area (Å²) in [5.41, 5.74) is 0.599. The number of halogens is 2. The van der Waals surface area contributed by atoms with E-state index in [9.17, 15) is 14.9 Å². The van der Waals surface area contributed by atoms with Crippen LogP contribution in [0.15, 0.2) is 53.9 Å². The molecule has 0 atom stereocenters. The second-order valence-electron chi connectivity index (χ2n) is 5.41. The fraction of sp³-hybridized carbons (Fsp3) is 0.0556. The molecule has 0 radical (unpaired) electrons. The number of anilines is 1. The van der Waals surface area contributed by atoms with Crippen molar-refractivity contribution in [2.24, 2.45) is 0 Å². The van der Waals surface area contributed by atoms with Crippen LogP contribution in [0.2, 0.25) is 10.0 Å². The maximum Gasteiger partial charge on any atom is 0.294 e. The van der Waals surface area contributed by atoms with E-state index in [1.807, 2.05) is 6.07 Å². The lowest BCUT2D eigenvalue weighted by Crippen LogP contribution is -2.11. The zero-order chi connectivity index (χ0) is 19.4. The summed E-state index contributed by atoms with van der Waals surface area (Å²) in [5, 5.41) is 16.2. The number of nitro groups is 1. The number of nitro benzene ring substituents is 1. The minimum absolute atomic E-state index is 0.0802. The molecule has 0 saturated heterocycles. The number of benzene rings is 2. The molecule has 1 N–H and O–H groups in total. The lowest BCUT2D eigenvalue weighted by Gasteiger charge is -2.06. The highest BCUT2D eigenvalue weighted by atomic mass is 35.5. The van der Waals surface area contributed by atoms with Crippen LogP contribution in [0.1, 0.15) is 15.2 Å².